The van der Waals surface area contributed by atoms with Gasteiger partial charge >= 0.3 is 0 Å². The molecule has 0 bridgehead atoms. The minimum absolute atomic E-state index is 0.627. The lowest BCUT2D eigenvalue weighted by atomic mass is 9.51. The van der Waals surface area contributed by atoms with Gasteiger partial charge in [-0.2, -0.15) is 0 Å². The van der Waals surface area contributed by atoms with E-state index in [0.717, 1.165) is 5.92 Å². The van der Waals surface area contributed by atoms with Crippen LogP contribution in [0.4, 0.5) is 0 Å². The van der Waals surface area contributed by atoms with E-state index < -0.39 is 0 Å². The maximum absolute atomic E-state index is 2.46. The molecular formula is C17H34. The first-order valence-electron chi connectivity index (χ1n) is 8.16. The smallest absolute Gasteiger partial charge is 0.0218 e. The summed E-state index contributed by atoms with van der Waals surface area (Å²) in [7, 11) is 0. The van der Waals surface area contributed by atoms with Crippen molar-refractivity contribution in [2.75, 3.05) is 0 Å². The summed E-state index contributed by atoms with van der Waals surface area (Å²) in [5.74, 6) is 0.972. The first kappa shape index (κ1) is 15.1. The Balaban J connectivity index is 3.20. The van der Waals surface area contributed by atoms with Gasteiger partial charge in [-0.15, -0.1) is 0 Å². The highest BCUT2D eigenvalue weighted by molar-refractivity contribution is 5.00. The molecule has 1 aliphatic carbocycles. The third kappa shape index (κ3) is 2.29. The number of hydrogen-bond donors (Lipinski definition) is 0. The molecule has 17 heavy (non-hydrogen) atoms. The van der Waals surface area contributed by atoms with Crippen molar-refractivity contribution in [3.8, 4) is 0 Å². The molecule has 0 aliphatic heterocycles. The molecular weight excluding hydrogens is 204 g/mol. The van der Waals surface area contributed by atoms with E-state index in [0.29, 0.717) is 10.8 Å². The van der Waals surface area contributed by atoms with Gasteiger partial charge in [0.25, 0.3) is 0 Å². The van der Waals surface area contributed by atoms with Crippen molar-refractivity contribution in [1.29, 1.82) is 0 Å². The highest BCUT2D eigenvalue weighted by atomic mass is 14.6. The minimum atomic E-state index is 0.627. The minimum Gasteiger partial charge on any atom is -0.0651 e. The van der Waals surface area contributed by atoms with E-state index in [1.165, 1.54) is 57.8 Å². The Morgan fingerprint density at radius 1 is 0.824 bits per heavy atom. The largest absolute Gasteiger partial charge is 0.0651 e. The third-order valence-corrected chi connectivity index (χ3v) is 6.40. The van der Waals surface area contributed by atoms with Crippen LogP contribution < -0.4 is 0 Å². The zero-order valence-electron chi connectivity index (χ0n) is 12.9. The molecule has 1 fully saturated rings. The quantitative estimate of drug-likeness (QED) is 0.500. The molecule has 1 atom stereocenters. The van der Waals surface area contributed by atoms with E-state index in [1.54, 1.807) is 0 Å². The lowest BCUT2D eigenvalue weighted by Gasteiger charge is -2.53. The summed E-state index contributed by atoms with van der Waals surface area (Å²) in [5, 5.41) is 0. The molecule has 0 nitrogen and oxygen atoms in total. The van der Waals surface area contributed by atoms with Gasteiger partial charge in [-0.05, 0) is 55.3 Å². The SMILES string of the molecule is CCC1CCCCC(CC)(CC)C1(CC)CC. The predicted molar refractivity (Wildman–Crippen MR) is 78.3 cm³/mol. The van der Waals surface area contributed by atoms with Gasteiger partial charge in [-0.1, -0.05) is 53.9 Å². The van der Waals surface area contributed by atoms with Gasteiger partial charge in [0.2, 0.25) is 0 Å². The van der Waals surface area contributed by atoms with Crippen LogP contribution in [0.25, 0.3) is 0 Å². The summed E-state index contributed by atoms with van der Waals surface area (Å²) >= 11 is 0. The Morgan fingerprint density at radius 3 is 1.82 bits per heavy atom. The van der Waals surface area contributed by atoms with Crippen LogP contribution in [0.5, 0.6) is 0 Å². The van der Waals surface area contributed by atoms with Gasteiger partial charge in [-0.3, -0.25) is 0 Å². The molecule has 1 saturated carbocycles. The second kappa shape index (κ2) is 6.25. The molecule has 1 aliphatic rings. The fraction of sp³-hybridized carbons (Fsp3) is 1.00. The summed E-state index contributed by atoms with van der Waals surface area (Å²) in [6.45, 7) is 12.2. The van der Waals surface area contributed by atoms with E-state index in [2.05, 4.69) is 34.6 Å². The molecule has 0 spiro atoms. The van der Waals surface area contributed by atoms with Crippen molar-refractivity contribution in [3.63, 3.8) is 0 Å². The van der Waals surface area contributed by atoms with Gasteiger partial charge < -0.3 is 0 Å². The maximum Gasteiger partial charge on any atom is -0.0218 e. The topological polar surface area (TPSA) is 0 Å². The summed E-state index contributed by atoms with van der Waals surface area (Å²) in [5.41, 5.74) is 1.26. The summed E-state index contributed by atoms with van der Waals surface area (Å²) in [6.07, 6.45) is 12.9. The average Bonchev–Trinajstić information content (AvgIpc) is 2.55. The van der Waals surface area contributed by atoms with Crippen molar-refractivity contribution in [3.05, 3.63) is 0 Å². The average molecular weight is 238 g/mol. The highest BCUT2D eigenvalue weighted by Crippen LogP contribution is 2.60. The lowest BCUT2D eigenvalue weighted by Crippen LogP contribution is -2.45. The van der Waals surface area contributed by atoms with Crippen molar-refractivity contribution in [2.45, 2.75) is 92.4 Å². The van der Waals surface area contributed by atoms with Crippen molar-refractivity contribution < 1.29 is 0 Å². The fourth-order valence-corrected chi connectivity index (χ4v) is 5.29. The van der Waals surface area contributed by atoms with Gasteiger partial charge in [0.05, 0.1) is 0 Å². The first-order chi connectivity index (χ1) is 8.16. The molecule has 0 radical (unpaired) electrons. The fourth-order valence-electron chi connectivity index (χ4n) is 5.29. The van der Waals surface area contributed by atoms with Crippen LogP contribution in [-0.2, 0) is 0 Å². The molecule has 0 aromatic rings. The zero-order chi connectivity index (χ0) is 12.9. The second-order valence-corrected chi connectivity index (χ2v) is 6.20. The standard InChI is InChI=1S/C17H34/c1-6-15-13-11-12-14-16(7-2,8-3)17(15,9-4)10-5/h15H,6-14H2,1-5H3. The molecule has 0 saturated heterocycles. The van der Waals surface area contributed by atoms with Crippen molar-refractivity contribution >= 4 is 0 Å². The Labute approximate surface area is 110 Å². The summed E-state index contributed by atoms with van der Waals surface area (Å²) in [4.78, 5) is 0. The second-order valence-electron chi connectivity index (χ2n) is 6.20. The van der Waals surface area contributed by atoms with Crippen LogP contribution in [0.15, 0.2) is 0 Å². The normalized spacial score (nSPS) is 27.7. The Bertz CT molecular complexity index is 208. The van der Waals surface area contributed by atoms with Crippen LogP contribution in [0.3, 0.4) is 0 Å². The van der Waals surface area contributed by atoms with Crippen LogP contribution in [0.1, 0.15) is 92.4 Å². The monoisotopic (exact) mass is 238 g/mol. The van der Waals surface area contributed by atoms with E-state index in [9.17, 15) is 0 Å². The lowest BCUT2D eigenvalue weighted by molar-refractivity contribution is -0.0408. The van der Waals surface area contributed by atoms with E-state index in [-0.39, 0.29) is 0 Å². The van der Waals surface area contributed by atoms with Crippen LogP contribution >= 0.6 is 0 Å². The van der Waals surface area contributed by atoms with Crippen LogP contribution in [-0.4, -0.2) is 0 Å². The molecule has 0 aromatic heterocycles. The van der Waals surface area contributed by atoms with Crippen LogP contribution in [0.2, 0.25) is 0 Å². The molecule has 0 N–H and O–H groups in total. The first-order valence-corrected chi connectivity index (χ1v) is 8.16. The van der Waals surface area contributed by atoms with Gasteiger partial charge in [-0.25, -0.2) is 0 Å². The van der Waals surface area contributed by atoms with Crippen LogP contribution in [0, 0.1) is 16.7 Å². The van der Waals surface area contributed by atoms with Gasteiger partial charge in [0, 0.05) is 0 Å². The Kier molecular flexibility index (Phi) is 5.54. The van der Waals surface area contributed by atoms with Crippen molar-refractivity contribution in [1.82, 2.24) is 0 Å². The predicted octanol–water partition coefficient (Wildman–Crippen LogP) is 6.20. The molecule has 0 heterocycles. The van der Waals surface area contributed by atoms with E-state index in [1.807, 2.05) is 0 Å². The van der Waals surface area contributed by atoms with E-state index >= 15 is 0 Å². The zero-order valence-corrected chi connectivity index (χ0v) is 12.9. The highest BCUT2D eigenvalue weighted by Gasteiger charge is 2.50. The molecule has 0 aromatic carbocycles. The summed E-state index contributed by atoms with van der Waals surface area (Å²) < 4.78 is 0. The summed E-state index contributed by atoms with van der Waals surface area (Å²) in [6, 6.07) is 0. The molecule has 0 amide bonds. The van der Waals surface area contributed by atoms with Gasteiger partial charge in [0.15, 0.2) is 0 Å². The molecule has 102 valence electrons. The Hall–Kier alpha value is 0. The molecule has 1 unspecified atom stereocenters. The molecule has 1 rings (SSSR count). The van der Waals surface area contributed by atoms with Gasteiger partial charge in [0.1, 0.15) is 0 Å². The van der Waals surface area contributed by atoms with Crippen molar-refractivity contribution in [2.24, 2.45) is 16.7 Å². The number of rotatable bonds is 5. The molecule has 0 heteroatoms. The number of hydrogen-bond acceptors (Lipinski definition) is 0. The maximum atomic E-state index is 2.46. The van der Waals surface area contributed by atoms with E-state index in [4.69, 9.17) is 0 Å². The Morgan fingerprint density at radius 2 is 1.41 bits per heavy atom. The third-order valence-electron chi connectivity index (χ3n) is 6.40.